The molecule has 0 aromatic heterocycles. The molecule has 0 saturated heterocycles. The van der Waals surface area contributed by atoms with Crippen LogP contribution in [-0.4, -0.2) is 16.7 Å². The molecule has 4 rings (SSSR count). The van der Waals surface area contributed by atoms with Gasteiger partial charge in [-0.05, 0) is 34.9 Å². The molecule has 3 aromatic carbocycles. The summed E-state index contributed by atoms with van der Waals surface area (Å²) >= 11 is 0. The minimum absolute atomic E-state index is 0.0467. The second-order valence-corrected chi connectivity index (χ2v) is 6.71. The minimum atomic E-state index is -0.139. The first-order valence-electron chi connectivity index (χ1n) is 8.95. The van der Waals surface area contributed by atoms with Crippen molar-refractivity contribution in [2.45, 2.75) is 19.5 Å². The van der Waals surface area contributed by atoms with Crippen molar-refractivity contribution in [3.63, 3.8) is 0 Å². The Morgan fingerprint density at radius 1 is 0.926 bits per heavy atom. The van der Waals surface area contributed by atoms with E-state index in [1.54, 1.807) is 0 Å². The van der Waals surface area contributed by atoms with Crippen molar-refractivity contribution in [3.8, 4) is 0 Å². The van der Waals surface area contributed by atoms with Gasteiger partial charge in [0.1, 0.15) is 0 Å². The largest absolute Gasteiger partial charge is 0.326 e. The van der Waals surface area contributed by atoms with Gasteiger partial charge in [-0.15, -0.1) is 0 Å². The Morgan fingerprint density at radius 2 is 1.59 bits per heavy atom. The van der Waals surface area contributed by atoms with Gasteiger partial charge in [0, 0.05) is 24.7 Å². The third-order valence-corrected chi connectivity index (χ3v) is 4.80. The SMILES string of the molecule is CC(=O)Nc1ccc(C2c3ccccc3C(=O)N2Cc2ccccc2)cc1. The lowest BCUT2D eigenvalue weighted by Gasteiger charge is -2.26. The van der Waals surface area contributed by atoms with Gasteiger partial charge in [-0.3, -0.25) is 9.59 Å². The van der Waals surface area contributed by atoms with Gasteiger partial charge in [0.15, 0.2) is 0 Å². The maximum absolute atomic E-state index is 13.1. The van der Waals surface area contributed by atoms with Crippen LogP contribution in [-0.2, 0) is 11.3 Å². The number of carbonyl (C=O) groups excluding carboxylic acids is 2. The maximum atomic E-state index is 13.1. The Balaban J connectivity index is 1.72. The number of hydrogen-bond acceptors (Lipinski definition) is 2. The van der Waals surface area contributed by atoms with Crippen LogP contribution in [0.4, 0.5) is 5.69 Å². The molecule has 2 amide bonds. The Hall–Kier alpha value is -3.40. The zero-order valence-corrected chi connectivity index (χ0v) is 15.1. The Labute approximate surface area is 158 Å². The zero-order chi connectivity index (χ0) is 18.8. The van der Waals surface area contributed by atoms with Crippen molar-refractivity contribution in [1.29, 1.82) is 0 Å². The van der Waals surface area contributed by atoms with Crippen molar-refractivity contribution in [2.24, 2.45) is 0 Å². The van der Waals surface area contributed by atoms with Crippen LogP contribution in [0, 0.1) is 0 Å². The predicted octanol–water partition coefficient (Wildman–Crippen LogP) is 4.39. The molecule has 1 heterocycles. The first-order valence-corrected chi connectivity index (χ1v) is 8.95. The predicted molar refractivity (Wildman–Crippen MR) is 105 cm³/mol. The van der Waals surface area contributed by atoms with E-state index in [0.717, 1.165) is 27.9 Å². The number of nitrogens with zero attached hydrogens (tertiary/aromatic N) is 1. The first kappa shape index (κ1) is 17.0. The maximum Gasteiger partial charge on any atom is 0.255 e. The first-order chi connectivity index (χ1) is 13.1. The summed E-state index contributed by atoms with van der Waals surface area (Å²) in [4.78, 5) is 26.2. The van der Waals surface area contributed by atoms with Gasteiger partial charge in [0.05, 0.1) is 6.04 Å². The Kier molecular flexibility index (Phi) is 4.47. The van der Waals surface area contributed by atoms with Gasteiger partial charge in [-0.2, -0.15) is 0 Å². The molecule has 134 valence electrons. The summed E-state index contributed by atoms with van der Waals surface area (Å²) in [6.45, 7) is 2.04. The molecule has 0 saturated carbocycles. The van der Waals surface area contributed by atoms with Gasteiger partial charge < -0.3 is 10.2 Å². The summed E-state index contributed by atoms with van der Waals surface area (Å²) in [5, 5.41) is 2.78. The van der Waals surface area contributed by atoms with Crippen molar-refractivity contribution in [1.82, 2.24) is 4.90 Å². The topological polar surface area (TPSA) is 49.4 Å². The highest BCUT2D eigenvalue weighted by Crippen LogP contribution is 2.39. The zero-order valence-electron chi connectivity index (χ0n) is 15.1. The standard InChI is InChI=1S/C23H20N2O2/c1-16(26)24-19-13-11-18(12-14-19)22-20-9-5-6-10-21(20)23(27)25(22)15-17-7-3-2-4-8-17/h2-14,22H,15H2,1H3,(H,24,26). The van der Waals surface area contributed by atoms with Crippen molar-refractivity contribution in [3.05, 3.63) is 101 Å². The molecule has 1 N–H and O–H groups in total. The van der Waals surface area contributed by atoms with E-state index in [4.69, 9.17) is 0 Å². The molecule has 1 aliphatic heterocycles. The molecular weight excluding hydrogens is 336 g/mol. The molecule has 1 unspecified atom stereocenters. The van der Waals surface area contributed by atoms with Crippen LogP contribution >= 0.6 is 0 Å². The Morgan fingerprint density at radius 3 is 2.30 bits per heavy atom. The third-order valence-electron chi connectivity index (χ3n) is 4.80. The highest BCUT2D eigenvalue weighted by atomic mass is 16.2. The molecule has 1 atom stereocenters. The second kappa shape index (κ2) is 7.08. The van der Waals surface area contributed by atoms with E-state index >= 15 is 0 Å². The van der Waals surface area contributed by atoms with Crippen LogP contribution < -0.4 is 5.32 Å². The van der Waals surface area contributed by atoms with Crippen LogP contribution in [0.3, 0.4) is 0 Å². The lowest BCUT2D eigenvalue weighted by molar-refractivity contribution is -0.114. The third kappa shape index (κ3) is 3.34. The van der Waals surface area contributed by atoms with Gasteiger partial charge in [-0.1, -0.05) is 60.7 Å². The fourth-order valence-corrected chi connectivity index (χ4v) is 3.62. The molecule has 0 spiro atoms. The number of amides is 2. The average Bonchev–Trinajstić information content (AvgIpc) is 2.95. The monoisotopic (exact) mass is 356 g/mol. The quantitative estimate of drug-likeness (QED) is 0.754. The molecule has 0 aliphatic carbocycles. The Bertz CT molecular complexity index is 981. The second-order valence-electron chi connectivity index (χ2n) is 6.71. The van der Waals surface area contributed by atoms with E-state index in [1.807, 2.05) is 83.8 Å². The molecule has 0 radical (unpaired) electrons. The highest BCUT2D eigenvalue weighted by molar-refractivity contribution is 5.99. The van der Waals surface area contributed by atoms with Gasteiger partial charge in [-0.25, -0.2) is 0 Å². The summed E-state index contributed by atoms with van der Waals surface area (Å²) in [5.74, 6) is -0.0553. The molecule has 3 aromatic rings. The molecule has 4 heteroatoms. The molecule has 0 fully saturated rings. The number of hydrogen-bond donors (Lipinski definition) is 1. The smallest absolute Gasteiger partial charge is 0.255 e. The van der Waals surface area contributed by atoms with E-state index in [9.17, 15) is 9.59 Å². The van der Waals surface area contributed by atoms with Crippen LogP contribution in [0.5, 0.6) is 0 Å². The summed E-state index contributed by atoms with van der Waals surface area (Å²) < 4.78 is 0. The number of carbonyl (C=O) groups is 2. The summed E-state index contributed by atoms with van der Waals surface area (Å²) in [6.07, 6.45) is 0. The summed E-state index contributed by atoms with van der Waals surface area (Å²) in [5.41, 5.74) is 4.64. The van der Waals surface area contributed by atoms with Crippen LogP contribution in [0.15, 0.2) is 78.9 Å². The van der Waals surface area contributed by atoms with Crippen LogP contribution in [0.25, 0.3) is 0 Å². The van der Waals surface area contributed by atoms with Crippen molar-refractivity contribution >= 4 is 17.5 Å². The number of anilines is 1. The van der Waals surface area contributed by atoms with Gasteiger partial charge in [0.25, 0.3) is 5.91 Å². The number of rotatable bonds is 4. The number of fused-ring (bicyclic) bond motifs is 1. The van der Waals surface area contributed by atoms with Crippen molar-refractivity contribution in [2.75, 3.05) is 5.32 Å². The van der Waals surface area contributed by atoms with Crippen LogP contribution in [0.2, 0.25) is 0 Å². The minimum Gasteiger partial charge on any atom is -0.326 e. The average molecular weight is 356 g/mol. The fraction of sp³-hybridized carbons (Fsp3) is 0.130. The normalized spacial score (nSPS) is 15.5. The molecule has 4 nitrogen and oxygen atoms in total. The number of benzene rings is 3. The van der Waals surface area contributed by atoms with E-state index in [1.165, 1.54) is 6.92 Å². The molecule has 27 heavy (non-hydrogen) atoms. The van der Waals surface area contributed by atoms with Gasteiger partial charge >= 0.3 is 0 Å². The summed E-state index contributed by atoms with van der Waals surface area (Å²) in [7, 11) is 0. The molecule has 0 bridgehead atoms. The number of nitrogens with one attached hydrogen (secondary N) is 1. The lowest BCUT2D eigenvalue weighted by Crippen LogP contribution is -2.28. The molecule has 1 aliphatic rings. The summed E-state index contributed by atoms with van der Waals surface area (Å²) in [6, 6.07) is 25.4. The van der Waals surface area contributed by atoms with E-state index in [2.05, 4.69) is 5.32 Å². The van der Waals surface area contributed by atoms with E-state index in [-0.39, 0.29) is 17.9 Å². The fourth-order valence-electron chi connectivity index (χ4n) is 3.62. The van der Waals surface area contributed by atoms with E-state index in [0.29, 0.717) is 6.54 Å². The van der Waals surface area contributed by atoms with Gasteiger partial charge in [0.2, 0.25) is 5.91 Å². The van der Waals surface area contributed by atoms with E-state index < -0.39 is 0 Å². The highest BCUT2D eigenvalue weighted by Gasteiger charge is 2.37. The van der Waals surface area contributed by atoms with Crippen LogP contribution in [0.1, 0.15) is 40.0 Å². The molecular formula is C23H20N2O2. The van der Waals surface area contributed by atoms with Crippen molar-refractivity contribution < 1.29 is 9.59 Å². The lowest BCUT2D eigenvalue weighted by atomic mass is 9.97.